The van der Waals surface area contributed by atoms with Crippen LogP contribution in [0.4, 0.5) is 0 Å². The van der Waals surface area contributed by atoms with Gasteiger partial charge in [-0.15, -0.1) is 0 Å². The number of methoxy groups -OCH3 is 1. The van der Waals surface area contributed by atoms with Gasteiger partial charge in [0, 0.05) is 6.20 Å². The van der Waals surface area contributed by atoms with Crippen LogP contribution in [-0.2, 0) is 4.74 Å². The SMILES string of the molecule is COC(=O)c1[nH]nc2ncncc12. The lowest BCUT2D eigenvalue weighted by Crippen LogP contribution is -2.01. The summed E-state index contributed by atoms with van der Waals surface area (Å²) >= 11 is 0. The van der Waals surface area contributed by atoms with Gasteiger partial charge in [0.2, 0.25) is 0 Å². The van der Waals surface area contributed by atoms with E-state index >= 15 is 0 Å². The predicted molar refractivity (Wildman–Crippen MR) is 43.0 cm³/mol. The molecule has 0 radical (unpaired) electrons. The third-order valence-electron chi connectivity index (χ3n) is 1.62. The number of nitrogens with one attached hydrogen (secondary N) is 1. The average Bonchev–Trinajstić information content (AvgIpc) is 2.60. The van der Waals surface area contributed by atoms with Crippen molar-refractivity contribution < 1.29 is 9.53 Å². The van der Waals surface area contributed by atoms with Gasteiger partial charge in [-0.2, -0.15) is 5.10 Å². The number of fused-ring (bicyclic) bond motifs is 1. The lowest BCUT2D eigenvalue weighted by molar-refractivity contribution is 0.0596. The second-order valence-corrected chi connectivity index (χ2v) is 2.35. The number of carbonyl (C=O) groups is 1. The van der Waals surface area contributed by atoms with Crippen LogP contribution in [-0.4, -0.2) is 33.2 Å². The predicted octanol–water partition coefficient (Wildman–Crippen LogP) is 0.140. The summed E-state index contributed by atoms with van der Waals surface area (Å²) in [5, 5.41) is 6.91. The molecule has 0 spiro atoms. The standard InChI is InChI=1S/C7H6N4O2/c1-13-7(12)5-4-2-8-3-9-6(4)11-10-5/h2-3H,1H3,(H,8,9,10,11). The lowest BCUT2D eigenvalue weighted by Gasteiger charge is -1.93. The van der Waals surface area contributed by atoms with Crippen molar-refractivity contribution in [1.29, 1.82) is 0 Å². The summed E-state index contributed by atoms with van der Waals surface area (Å²) < 4.78 is 4.54. The van der Waals surface area contributed by atoms with Crippen molar-refractivity contribution in [2.24, 2.45) is 0 Å². The Kier molecular flexibility index (Phi) is 1.66. The van der Waals surface area contributed by atoms with E-state index in [1.165, 1.54) is 19.6 Å². The van der Waals surface area contributed by atoms with E-state index < -0.39 is 5.97 Å². The average molecular weight is 178 g/mol. The topological polar surface area (TPSA) is 80.8 Å². The molecule has 0 aliphatic heterocycles. The van der Waals surface area contributed by atoms with E-state index in [4.69, 9.17) is 0 Å². The Balaban J connectivity index is 2.64. The largest absolute Gasteiger partial charge is 0.464 e. The second kappa shape index (κ2) is 2.81. The van der Waals surface area contributed by atoms with Crippen LogP contribution in [0.5, 0.6) is 0 Å². The van der Waals surface area contributed by atoms with Gasteiger partial charge in [0.25, 0.3) is 0 Å². The number of hydrogen-bond donors (Lipinski definition) is 1. The number of nitrogens with zero attached hydrogens (tertiary/aromatic N) is 3. The molecule has 0 fully saturated rings. The highest BCUT2D eigenvalue weighted by Gasteiger charge is 2.13. The summed E-state index contributed by atoms with van der Waals surface area (Å²) in [5.41, 5.74) is 0.730. The maximum absolute atomic E-state index is 11.1. The fourth-order valence-corrected chi connectivity index (χ4v) is 1.02. The molecule has 0 unspecified atom stereocenters. The van der Waals surface area contributed by atoms with Crippen LogP contribution in [0, 0.1) is 0 Å². The minimum Gasteiger partial charge on any atom is -0.464 e. The Bertz CT molecular complexity index is 450. The maximum Gasteiger partial charge on any atom is 0.356 e. The molecule has 6 nitrogen and oxygen atoms in total. The van der Waals surface area contributed by atoms with Gasteiger partial charge in [0.05, 0.1) is 12.5 Å². The minimum atomic E-state index is -0.475. The maximum atomic E-state index is 11.1. The van der Waals surface area contributed by atoms with Crippen molar-refractivity contribution in [2.75, 3.05) is 7.11 Å². The monoisotopic (exact) mass is 178 g/mol. The highest BCUT2D eigenvalue weighted by Crippen LogP contribution is 2.11. The molecular weight excluding hydrogens is 172 g/mol. The van der Waals surface area contributed by atoms with Crippen LogP contribution in [0.25, 0.3) is 11.0 Å². The Morgan fingerprint density at radius 2 is 2.46 bits per heavy atom. The van der Waals surface area contributed by atoms with Gasteiger partial charge in [-0.1, -0.05) is 0 Å². The van der Waals surface area contributed by atoms with E-state index in [1.807, 2.05) is 0 Å². The van der Waals surface area contributed by atoms with Gasteiger partial charge in [-0.05, 0) is 0 Å². The van der Waals surface area contributed by atoms with Crippen molar-refractivity contribution in [1.82, 2.24) is 20.2 Å². The Morgan fingerprint density at radius 1 is 1.62 bits per heavy atom. The van der Waals surface area contributed by atoms with Gasteiger partial charge in [-0.25, -0.2) is 14.8 Å². The molecule has 0 aliphatic rings. The smallest absolute Gasteiger partial charge is 0.356 e. The van der Waals surface area contributed by atoms with Gasteiger partial charge in [-0.3, -0.25) is 5.10 Å². The fraction of sp³-hybridized carbons (Fsp3) is 0.143. The van der Waals surface area contributed by atoms with Gasteiger partial charge in [0.15, 0.2) is 11.3 Å². The van der Waals surface area contributed by atoms with Crippen molar-refractivity contribution >= 4 is 17.0 Å². The Hall–Kier alpha value is -1.98. The molecule has 0 aliphatic carbocycles. The van der Waals surface area contributed by atoms with E-state index in [9.17, 15) is 4.79 Å². The van der Waals surface area contributed by atoms with E-state index in [1.54, 1.807) is 0 Å². The van der Waals surface area contributed by atoms with E-state index in [0.717, 1.165) is 0 Å². The van der Waals surface area contributed by atoms with Crippen LogP contribution in [0.1, 0.15) is 10.5 Å². The van der Waals surface area contributed by atoms with Crippen molar-refractivity contribution in [3.63, 3.8) is 0 Å². The zero-order chi connectivity index (χ0) is 9.26. The quantitative estimate of drug-likeness (QED) is 0.628. The number of esters is 1. The van der Waals surface area contributed by atoms with Gasteiger partial charge in [0.1, 0.15) is 6.33 Å². The molecule has 2 aromatic heterocycles. The molecule has 0 aromatic carbocycles. The minimum absolute atomic E-state index is 0.276. The summed E-state index contributed by atoms with van der Waals surface area (Å²) in [7, 11) is 1.30. The molecule has 1 N–H and O–H groups in total. The fourth-order valence-electron chi connectivity index (χ4n) is 1.02. The van der Waals surface area contributed by atoms with Crippen LogP contribution in [0.2, 0.25) is 0 Å². The zero-order valence-corrected chi connectivity index (χ0v) is 6.81. The molecule has 6 heteroatoms. The van der Waals surface area contributed by atoms with Crippen LogP contribution in [0.3, 0.4) is 0 Å². The number of hydrogen-bond acceptors (Lipinski definition) is 5. The first-order valence-corrected chi connectivity index (χ1v) is 3.55. The van der Waals surface area contributed by atoms with E-state index in [2.05, 4.69) is 24.9 Å². The van der Waals surface area contributed by atoms with Crippen molar-refractivity contribution in [2.45, 2.75) is 0 Å². The molecule has 66 valence electrons. The number of ether oxygens (including phenoxy) is 1. The first kappa shape index (κ1) is 7.66. The number of rotatable bonds is 1. The van der Waals surface area contributed by atoms with E-state index in [-0.39, 0.29) is 5.69 Å². The normalized spacial score (nSPS) is 10.2. The van der Waals surface area contributed by atoms with Crippen LogP contribution in [0.15, 0.2) is 12.5 Å². The molecule has 2 aromatic rings. The molecule has 0 amide bonds. The van der Waals surface area contributed by atoms with Gasteiger partial charge < -0.3 is 4.74 Å². The Morgan fingerprint density at radius 3 is 3.23 bits per heavy atom. The number of aromatic nitrogens is 4. The number of H-pyrrole nitrogens is 1. The summed E-state index contributed by atoms with van der Waals surface area (Å²) in [6.45, 7) is 0. The second-order valence-electron chi connectivity index (χ2n) is 2.35. The van der Waals surface area contributed by atoms with Crippen molar-refractivity contribution in [3.05, 3.63) is 18.2 Å². The van der Waals surface area contributed by atoms with Crippen LogP contribution < -0.4 is 0 Å². The molecule has 0 saturated carbocycles. The Labute approximate surface area is 73.0 Å². The first-order valence-electron chi connectivity index (χ1n) is 3.55. The molecule has 0 saturated heterocycles. The third-order valence-corrected chi connectivity index (χ3v) is 1.62. The molecule has 2 rings (SSSR count). The molecule has 0 bridgehead atoms. The first-order chi connectivity index (χ1) is 6.33. The molecular formula is C7H6N4O2. The zero-order valence-electron chi connectivity index (χ0n) is 6.81. The number of carbonyl (C=O) groups excluding carboxylic acids is 1. The summed E-state index contributed by atoms with van der Waals surface area (Å²) in [4.78, 5) is 18.8. The van der Waals surface area contributed by atoms with E-state index in [0.29, 0.717) is 11.0 Å². The summed E-state index contributed by atoms with van der Waals surface area (Å²) in [5.74, 6) is -0.475. The molecule has 0 atom stereocenters. The molecule has 13 heavy (non-hydrogen) atoms. The molecule has 2 heterocycles. The van der Waals surface area contributed by atoms with Crippen LogP contribution >= 0.6 is 0 Å². The summed E-state index contributed by atoms with van der Waals surface area (Å²) in [6, 6.07) is 0. The number of aromatic amines is 1. The summed E-state index contributed by atoms with van der Waals surface area (Å²) in [6.07, 6.45) is 2.88. The highest BCUT2D eigenvalue weighted by molar-refractivity contribution is 6.00. The lowest BCUT2D eigenvalue weighted by atomic mass is 10.3. The highest BCUT2D eigenvalue weighted by atomic mass is 16.5. The van der Waals surface area contributed by atoms with Gasteiger partial charge >= 0.3 is 5.97 Å². The third kappa shape index (κ3) is 1.12. The van der Waals surface area contributed by atoms with Crippen molar-refractivity contribution in [3.8, 4) is 0 Å².